The lowest BCUT2D eigenvalue weighted by Gasteiger charge is -2.19. The highest BCUT2D eigenvalue weighted by molar-refractivity contribution is 9.10. The number of hydrogen-bond donors (Lipinski definition) is 1. The second kappa shape index (κ2) is 7.46. The highest BCUT2D eigenvalue weighted by atomic mass is 79.9. The number of nitrogens with one attached hydrogen (secondary N) is 1. The molecule has 1 N–H and O–H groups in total. The summed E-state index contributed by atoms with van der Waals surface area (Å²) in [6.07, 6.45) is 1.65. The van der Waals surface area contributed by atoms with E-state index >= 15 is 0 Å². The van der Waals surface area contributed by atoms with Gasteiger partial charge in [0.2, 0.25) is 10.0 Å². The summed E-state index contributed by atoms with van der Waals surface area (Å²) in [4.78, 5) is 14.1. The maximum atomic E-state index is 13.8. The predicted octanol–water partition coefficient (Wildman–Crippen LogP) is 3.30. The summed E-state index contributed by atoms with van der Waals surface area (Å²) < 4.78 is 41.6. The number of carbonyl (C=O) groups is 1. The Hall–Kier alpha value is -1.77. The minimum atomic E-state index is -3.66. The molecule has 1 fully saturated rings. The van der Waals surface area contributed by atoms with Crippen LogP contribution < -0.4 is 4.72 Å². The van der Waals surface area contributed by atoms with Gasteiger partial charge in [0, 0.05) is 29.7 Å². The summed E-state index contributed by atoms with van der Waals surface area (Å²) in [6, 6.07) is 10.5. The second-order valence-electron chi connectivity index (χ2n) is 6.29. The monoisotopic (exact) mass is 440 g/mol. The number of halogens is 2. The van der Waals surface area contributed by atoms with Crippen LogP contribution in [0.1, 0.15) is 28.8 Å². The molecule has 1 aliphatic carbocycles. The number of benzene rings is 2. The maximum Gasteiger partial charge on any atom is 0.255 e. The first-order chi connectivity index (χ1) is 12.3. The van der Waals surface area contributed by atoms with Crippen molar-refractivity contribution in [1.82, 2.24) is 9.62 Å². The summed E-state index contributed by atoms with van der Waals surface area (Å²) >= 11 is 3.29. The van der Waals surface area contributed by atoms with Crippen LogP contribution in [-0.2, 0) is 16.6 Å². The highest BCUT2D eigenvalue weighted by Crippen LogP contribution is 2.26. The number of nitrogens with zero attached hydrogens (tertiary/aromatic N) is 1. The average Bonchev–Trinajstić information content (AvgIpc) is 3.39. The zero-order valence-corrected chi connectivity index (χ0v) is 16.5. The summed E-state index contributed by atoms with van der Waals surface area (Å²) in [5.74, 6) is -0.792. The van der Waals surface area contributed by atoms with Crippen LogP contribution in [0.3, 0.4) is 0 Å². The maximum absolute atomic E-state index is 13.8. The smallest absolute Gasteiger partial charge is 0.255 e. The van der Waals surface area contributed by atoms with Gasteiger partial charge in [-0.25, -0.2) is 17.5 Å². The Kier molecular flexibility index (Phi) is 5.45. The Morgan fingerprint density at radius 1 is 1.27 bits per heavy atom. The topological polar surface area (TPSA) is 66.5 Å². The van der Waals surface area contributed by atoms with Crippen LogP contribution >= 0.6 is 15.9 Å². The number of carbonyl (C=O) groups excluding carboxylic acids is 1. The van der Waals surface area contributed by atoms with Crippen LogP contribution in [0.25, 0.3) is 0 Å². The third kappa shape index (κ3) is 4.31. The molecule has 1 saturated carbocycles. The Labute approximate surface area is 160 Å². The van der Waals surface area contributed by atoms with Crippen molar-refractivity contribution >= 4 is 31.9 Å². The first-order valence-corrected chi connectivity index (χ1v) is 10.4. The fraction of sp³-hybridized carbons (Fsp3) is 0.278. The minimum absolute atomic E-state index is 0.0217. The molecule has 0 atom stereocenters. The van der Waals surface area contributed by atoms with Crippen LogP contribution in [0.15, 0.2) is 51.8 Å². The van der Waals surface area contributed by atoms with Gasteiger partial charge in [0.15, 0.2) is 0 Å². The molecular weight excluding hydrogens is 423 g/mol. The standard InChI is InChI=1S/C18H18BrFN2O3S/c1-22(11-12-4-2-3-5-17(12)20)18(23)15-10-14(8-9-16(15)19)26(24,25)21-13-6-7-13/h2-5,8-10,13,21H,6-7,11H2,1H3. The van der Waals surface area contributed by atoms with Crippen molar-refractivity contribution < 1.29 is 17.6 Å². The van der Waals surface area contributed by atoms with Gasteiger partial charge < -0.3 is 4.90 Å². The van der Waals surface area contributed by atoms with Crippen LogP contribution in [-0.4, -0.2) is 32.3 Å². The van der Waals surface area contributed by atoms with Gasteiger partial charge in [-0.2, -0.15) is 0 Å². The molecule has 0 saturated heterocycles. The van der Waals surface area contributed by atoms with E-state index in [1.165, 1.54) is 29.2 Å². The number of sulfonamides is 1. The van der Waals surface area contributed by atoms with Gasteiger partial charge in [0.05, 0.1) is 10.5 Å². The molecule has 2 aromatic carbocycles. The van der Waals surface area contributed by atoms with Crippen molar-refractivity contribution in [1.29, 1.82) is 0 Å². The Balaban J connectivity index is 1.84. The van der Waals surface area contributed by atoms with E-state index in [0.29, 0.717) is 10.0 Å². The lowest BCUT2D eigenvalue weighted by atomic mass is 10.1. The third-order valence-electron chi connectivity index (χ3n) is 4.09. The van der Waals surface area contributed by atoms with Crippen molar-refractivity contribution in [3.05, 3.63) is 63.9 Å². The van der Waals surface area contributed by atoms with E-state index in [2.05, 4.69) is 20.7 Å². The van der Waals surface area contributed by atoms with E-state index in [9.17, 15) is 17.6 Å². The SMILES string of the molecule is CN(Cc1ccccc1F)C(=O)c1cc(S(=O)(=O)NC2CC2)ccc1Br. The van der Waals surface area contributed by atoms with E-state index in [-0.39, 0.29) is 23.0 Å². The van der Waals surface area contributed by atoms with Gasteiger partial charge in [-0.05, 0) is 53.0 Å². The molecule has 5 nitrogen and oxygen atoms in total. The molecule has 138 valence electrons. The lowest BCUT2D eigenvalue weighted by Crippen LogP contribution is -2.28. The molecule has 0 spiro atoms. The van der Waals surface area contributed by atoms with Crippen molar-refractivity contribution in [2.45, 2.75) is 30.3 Å². The predicted molar refractivity (Wildman–Crippen MR) is 99.7 cm³/mol. The summed E-state index contributed by atoms with van der Waals surface area (Å²) in [5, 5.41) is 0. The van der Waals surface area contributed by atoms with E-state index in [0.717, 1.165) is 12.8 Å². The number of amides is 1. The molecule has 0 heterocycles. The van der Waals surface area contributed by atoms with Crippen LogP contribution in [0, 0.1) is 5.82 Å². The van der Waals surface area contributed by atoms with Gasteiger partial charge in [-0.15, -0.1) is 0 Å². The molecule has 0 radical (unpaired) electrons. The van der Waals surface area contributed by atoms with E-state index in [1.807, 2.05) is 0 Å². The lowest BCUT2D eigenvalue weighted by molar-refractivity contribution is 0.0782. The van der Waals surface area contributed by atoms with Crippen LogP contribution in [0.5, 0.6) is 0 Å². The van der Waals surface area contributed by atoms with Crippen LogP contribution in [0.2, 0.25) is 0 Å². The van der Waals surface area contributed by atoms with E-state index in [1.54, 1.807) is 25.2 Å². The van der Waals surface area contributed by atoms with Crippen molar-refractivity contribution in [2.24, 2.45) is 0 Å². The molecule has 8 heteroatoms. The number of rotatable bonds is 6. The zero-order valence-electron chi connectivity index (χ0n) is 14.1. The van der Waals surface area contributed by atoms with E-state index < -0.39 is 21.7 Å². The van der Waals surface area contributed by atoms with Gasteiger partial charge in [-0.3, -0.25) is 4.79 Å². The molecule has 1 aliphatic rings. The third-order valence-corrected chi connectivity index (χ3v) is 6.30. The highest BCUT2D eigenvalue weighted by Gasteiger charge is 2.29. The molecule has 1 amide bonds. The fourth-order valence-corrected chi connectivity index (χ4v) is 4.23. The second-order valence-corrected chi connectivity index (χ2v) is 8.86. The molecule has 3 rings (SSSR count). The average molecular weight is 441 g/mol. The van der Waals surface area contributed by atoms with Gasteiger partial charge in [0.25, 0.3) is 5.91 Å². The summed E-state index contributed by atoms with van der Waals surface area (Å²) in [6.45, 7) is 0.0786. The zero-order chi connectivity index (χ0) is 18.9. The summed E-state index contributed by atoms with van der Waals surface area (Å²) in [5.41, 5.74) is 0.598. The Morgan fingerprint density at radius 3 is 2.62 bits per heavy atom. The van der Waals surface area contributed by atoms with Crippen molar-refractivity contribution in [3.8, 4) is 0 Å². The molecule has 0 aliphatic heterocycles. The largest absolute Gasteiger partial charge is 0.337 e. The minimum Gasteiger partial charge on any atom is -0.337 e. The van der Waals surface area contributed by atoms with Crippen LogP contribution in [0.4, 0.5) is 4.39 Å². The Bertz CT molecular complexity index is 945. The van der Waals surface area contributed by atoms with E-state index in [4.69, 9.17) is 0 Å². The Morgan fingerprint density at radius 2 is 1.96 bits per heavy atom. The molecular formula is C18H18BrFN2O3S. The normalized spacial score (nSPS) is 14.3. The van der Waals surface area contributed by atoms with Gasteiger partial charge in [-0.1, -0.05) is 18.2 Å². The molecule has 26 heavy (non-hydrogen) atoms. The fourth-order valence-electron chi connectivity index (χ4n) is 2.48. The van der Waals surface area contributed by atoms with Crippen molar-refractivity contribution in [3.63, 3.8) is 0 Å². The van der Waals surface area contributed by atoms with Crippen molar-refractivity contribution in [2.75, 3.05) is 7.05 Å². The quantitative estimate of drug-likeness (QED) is 0.748. The molecule has 0 bridgehead atoms. The molecule has 2 aromatic rings. The first kappa shape index (κ1) is 19.0. The molecule has 0 aromatic heterocycles. The van der Waals surface area contributed by atoms with Gasteiger partial charge in [0.1, 0.15) is 5.82 Å². The first-order valence-electron chi connectivity index (χ1n) is 8.08. The summed E-state index contributed by atoms with van der Waals surface area (Å²) in [7, 11) is -2.12. The number of hydrogen-bond acceptors (Lipinski definition) is 3. The van der Waals surface area contributed by atoms with Gasteiger partial charge >= 0.3 is 0 Å². The molecule has 0 unspecified atom stereocenters.